The molecule has 0 radical (unpaired) electrons. The van der Waals surface area contributed by atoms with Crippen LogP contribution in [0.3, 0.4) is 0 Å². The van der Waals surface area contributed by atoms with Crippen LogP contribution < -0.4 is 11.1 Å². The lowest BCUT2D eigenvalue weighted by Crippen LogP contribution is -2.59. The number of aliphatic hydroxyl groups is 2. The summed E-state index contributed by atoms with van der Waals surface area (Å²) in [5.74, 6) is 0.00626. The number of nitrogens with one attached hydrogen (secondary N) is 1. The molecule has 0 bridgehead atoms. The Morgan fingerprint density at radius 2 is 1.66 bits per heavy atom. The maximum absolute atomic E-state index is 12.7. The summed E-state index contributed by atoms with van der Waals surface area (Å²) in [5.41, 5.74) is 6.59. The number of amides is 1. The molecule has 1 aromatic rings. The molecule has 5 fully saturated rings. The van der Waals surface area contributed by atoms with Crippen molar-refractivity contribution in [2.75, 3.05) is 0 Å². The number of nitrogens with zero attached hydrogens (tertiary/aromatic N) is 1. The number of carbonyl (C=O) groups is 1. The number of fused-ring (bicyclic) bond motifs is 4. The van der Waals surface area contributed by atoms with E-state index in [1.807, 2.05) is 57.2 Å². The van der Waals surface area contributed by atoms with E-state index in [0.717, 1.165) is 61.7 Å². The average molecular weight is 804 g/mol. The first-order chi connectivity index (χ1) is 27.6. The monoisotopic (exact) mass is 804 g/mol. The van der Waals surface area contributed by atoms with E-state index in [4.69, 9.17) is 29.4 Å². The van der Waals surface area contributed by atoms with E-state index in [9.17, 15) is 15.0 Å². The highest BCUT2D eigenvalue weighted by Crippen LogP contribution is 2.49. The van der Waals surface area contributed by atoms with Gasteiger partial charge in [-0.25, -0.2) is 4.99 Å². The number of ether oxygens (including phenoxy) is 5. The third-order valence-electron chi connectivity index (χ3n) is 13.5. The number of guanidine groups is 1. The third kappa shape index (κ3) is 10.8. The number of rotatable bonds is 11. The second kappa shape index (κ2) is 19.0. The van der Waals surface area contributed by atoms with Gasteiger partial charge < -0.3 is 39.6 Å². The molecule has 0 aromatic heterocycles. The molecule has 5 N–H and O–H groups in total. The van der Waals surface area contributed by atoms with Crippen LogP contribution in [0.15, 0.2) is 83.4 Å². The number of carbonyl (C=O) groups excluding carboxylic acids is 1. The molecule has 0 aliphatic carbocycles. The van der Waals surface area contributed by atoms with Crippen molar-refractivity contribution >= 4 is 11.9 Å². The van der Waals surface area contributed by atoms with Gasteiger partial charge >= 0.3 is 0 Å². The summed E-state index contributed by atoms with van der Waals surface area (Å²) in [5, 5.41) is 25.9. The first kappa shape index (κ1) is 44.4. The van der Waals surface area contributed by atoms with Crippen LogP contribution in [0.4, 0.5) is 0 Å². The molecule has 1 amide bonds. The molecular formula is C47H69N3O8. The van der Waals surface area contributed by atoms with Crippen molar-refractivity contribution in [2.24, 2.45) is 16.6 Å². The average Bonchev–Trinajstić information content (AvgIpc) is 3.44. The van der Waals surface area contributed by atoms with Crippen LogP contribution in [0.5, 0.6) is 0 Å². The van der Waals surface area contributed by atoms with E-state index in [1.165, 1.54) is 0 Å². The fraction of sp³-hybridized carbons (Fsp3) is 0.660. The minimum Gasteiger partial charge on any atom is -0.390 e. The Labute approximate surface area is 346 Å². The van der Waals surface area contributed by atoms with Crippen LogP contribution in [0.2, 0.25) is 0 Å². The Morgan fingerprint density at radius 3 is 2.41 bits per heavy atom. The summed E-state index contributed by atoms with van der Waals surface area (Å²) in [6.07, 6.45) is 14.5. The zero-order valence-electron chi connectivity index (χ0n) is 35.6. The maximum Gasteiger partial charge on any atom is 0.250 e. The number of hydrogen-bond acceptors (Lipinski definition) is 9. The summed E-state index contributed by atoms with van der Waals surface area (Å²) in [6, 6.07) is 9.74. The fourth-order valence-electron chi connectivity index (χ4n) is 9.67. The minimum absolute atomic E-state index is 0.0199. The number of nitrogens with two attached hydrogens (primary N) is 1. The van der Waals surface area contributed by atoms with Crippen LogP contribution in [-0.4, -0.2) is 93.8 Å². The highest BCUT2D eigenvalue weighted by molar-refractivity contribution is 6.02. The summed E-state index contributed by atoms with van der Waals surface area (Å²) in [7, 11) is 0. The Bertz CT molecular complexity index is 1690. The van der Waals surface area contributed by atoms with Crippen molar-refractivity contribution in [3.05, 3.63) is 84.0 Å². The van der Waals surface area contributed by atoms with Gasteiger partial charge in [0.05, 0.1) is 72.2 Å². The predicted octanol–water partition coefficient (Wildman–Crippen LogP) is 6.91. The molecule has 13 atom stereocenters. The molecule has 5 saturated heterocycles. The number of aliphatic imine (C=N–C) groups is 1. The van der Waals surface area contributed by atoms with Crippen LogP contribution in [0.25, 0.3) is 0 Å². The summed E-state index contributed by atoms with van der Waals surface area (Å²) in [6.45, 7) is 16.4. The molecular weight excluding hydrogens is 735 g/mol. The topological polar surface area (TPSA) is 154 Å². The second-order valence-corrected chi connectivity index (χ2v) is 18.2. The zero-order chi connectivity index (χ0) is 41.7. The quantitative estimate of drug-likeness (QED) is 0.0809. The molecule has 5 aliphatic heterocycles. The highest BCUT2D eigenvalue weighted by Gasteiger charge is 2.58. The molecule has 11 nitrogen and oxygen atoms in total. The van der Waals surface area contributed by atoms with Crippen molar-refractivity contribution in [1.82, 2.24) is 5.32 Å². The largest absolute Gasteiger partial charge is 0.390 e. The first-order valence-electron chi connectivity index (χ1n) is 21.6. The first-order valence-corrected chi connectivity index (χ1v) is 21.6. The van der Waals surface area contributed by atoms with Gasteiger partial charge in [0.15, 0.2) is 5.96 Å². The van der Waals surface area contributed by atoms with Gasteiger partial charge in [0.1, 0.15) is 6.10 Å². The SMILES string of the molecule is C=CC=CCCC1OC2CCC3(C)OC4C(O)CC5(C)OC(CCC=C(C)/C(C)=C/C(=O)NC(N)=NCc6ccccc6)C(C)CC5OC4CC3OC2CCC1(C)O. The maximum atomic E-state index is 12.7. The second-order valence-electron chi connectivity index (χ2n) is 18.2. The van der Waals surface area contributed by atoms with E-state index < -0.39 is 29.0 Å². The molecule has 13 unspecified atom stereocenters. The van der Waals surface area contributed by atoms with Crippen LogP contribution in [-0.2, 0) is 35.0 Å². The fourth-order valence-corrected chi connectivity index (χ4v) is 9.67. The van der Waals surface area contributed by atoms with Crippen molar-refractivity contribution in [3.63, 3.8) is 0 Å². The lowest BCUT2D eigenvalue weighted by molar-refractivity contribution is -0.273. The van der Waals surface area contributed by atoms with Crippen molar-refractivity contribution in [1.29, 1.82) is 0 Å². The van der Waals surface area contributed by atoms with Gasteiger partial charge in [0.25, 0.3) is 5.91 Å². The Morgan fingerprint density at radius 1 is 0.948 bits per heavy atom. The highest BCUT2D eigenvalue weighted by atomic mass is 16.6. The van der Waals surface area contributed by atoms with Gasteiger partial charge in [-0.05, 0) is 109 Å². The van der Waals surface area contributed by atoms with Crippen LogP contribution in [0.1, 0.15) is 118 Å². The normalized spacial score (nSPS) is 39.9. The lowest BCUT2D eigenvalue weighted by Gasteiger charge is -2.49. The van der Waals surface area contributed by atoms with Gasteiger partial charge in [0.2, 0.25) is 0 Å². The van der Waals surface area contributed by atoms with Crippen LogP contribution >= 0.6 is 0 Å². The smallest absolute Gasteiger partial charge is 0.250 e. The van der Waals surface area contributed by atoms with Gasteiger partial charge in [-0.15, -0.1) is 0 Å². The number of aliphatic hydroxyl groups excluding tert-OH is 1. The van der Waals surface area contributed by atoms with Crippen molar-refractivity contribution in [2.45, 2.75) is 190 Å². The predicted molar refractivity (Wildman–Crippen MR) is 226 cm³/mol. The zero-order valence-corrected chi connectivity index (χ0v) is 35.6. The number of allylic oxidation sites excluding steroid dienone is 6. The van der Waals surface area contributed by atoms with Crippen LogP contribution in [0, 0.1) is 5.92 Å². The molecule has 320 valence electrons. The van der Waals surface area contributed by atoms with Gasteiger partial charge in [0, 0.05) is 18.9 Å². The van der Waals surface area contributed by atoms with Gasteiger partial charge in [-0.1, -0.05) is 73.7 Å². The van der Waals surface area contributed by atoms with E-state index in [0.29, 0.717) is 32.2 Å². The molecule has 58 heavy (non-hydrogen) atoms. The molecule has 6 rings (SSSR count). The number of benzene rings is 1. The molecule has 0 spiro atoms. The number of hydrogen-bond donors (Lipinski definition) is 4. The lowest BCUT2D eigenvalue weighted by atomic mass is 9.79. The Balaban J connectivity index is 1.04. The van der Waals surface area contributed by atoms with E-state index in [-0.39, 0.29) is 60.5 Å². The summed E-state index contributed by atoms with van der Waals surface area (Å²) >= 11 is 0. The summed E-state index contributed by atoms with van der Waals surface area (Å²) in [4.78, 5) is 16.9. The van der Waals surface area contributed by atoms with Crippen molar-refractivity contribution in [3.8, 4) is 0 Å². The molecule has 11 heteroatoms. The summed E-state index contributed by atoms with van der Waals surface area (Å²) < 4.78 is 34.4. The van der Waals surface area contributed by atoms with E-state index in [2.05, 4.69) is 49.8 Å². The third-order valence-corrected chi connectivity index (χ3v) is 13.5. The van der Waals surface area contributed by atoms with Gasteiger partial charge in [-0.2, -0.15) is 0 Å². The molecule has 0 saturated carbocycles. The Hall–Kier alpha value is -3.16. The standard InChI is InChI=1S/C47H69N3O8/c1-8-9-10-14-20-39-45(5,53)23-21-36-37(54-39)22-24-46(6)41(55-36)27-38-43(58-46)34(51)28-47(7)40(56-38)25-32(4)35(57-47)19-15-16-30(2)31(3)26-42(52)50-44(48)49-29-33-17-12-11-13-18-33/h8-13,16-18,26,32,34-41,43,51,53H,1,14-15,19-25,27-29H2,2-7H3,(H3,48,49,50,52)/b10-9?,30-16?,31-26+. The van der Waals surface area contributed by atoms with Crippen molar-refractivity contribution < 1.29 is 38.7 Å². The molecule has 5 heterocycles. The molecule has 5 aliphatic rings. The Kier molecular flexibility index (Phi) is 14.6. The van der Waals surface area contributed by atoms with E-state index >= 15 is 0 Å². The van der Waals surface area contributed by atoms with Gasteiger partial charge in [-0.3, -0.25) is 10.1 Å². The van der Waals surface area contributed by atoms with E-state index in [1.54, 1.807) is 12.2 Å². The minimum atomic E-state index is -0.943. The molecule has 1 aromatic carbocycles.